The van der Waals surface area contributed by atoms with Gasteiger partial charge in [-0.1, -0.05) is 29.4 Å². The van der Waals surface area contributed by atoms with Crippen molar-refractivity contribution < 1.29 is 14.4 Å². The van der Waals surface area contributed by atoms with Crippen LogP contribution in [0.25, 0.3) is 0 Å². The molecule has 1 atom stereocenters. The Morgan fingerprint density at radius 2 is 2.17 bits per heavy atom. The number of nitrogens with zero attached hydrogens (tertiary/aromatic N) is 2. The number of carbonyl (C=O) groups is 1. The fraction of sp³-hybridized carbons (Fsp3) is 0.412. The van der Waals surface area contributed by atoms with Gasteiger partial charge < -0.3 is 14.9 Å². The highest BCUT2D eigenvalue weighted by molar-refractivity contribution is 5.87. The second-order valence-electron chi connectivity index (χ2n) is 5.91. The number of aliphatic hydroxyl groups is 1. The van der Waals surface area contributed by atoms with E-state index in [-0.39, 0.29) is 18.7 Å². The Bertz CT molecular complexity index is 660. The standard InChI is InChI=1S/C17H22N4O3/c22-12-15-6-3-8-21(15)11-14-5-2-1-4-13(14)10-18-17(23)19-16-7-9-24-20-16/h1-2,4-5,7,9,15,22H,3,6,8,10-12H2,(H2,18,19,20,23)/t15-/m1/s1. The number of likely N-dealkylation sites (tertiary alicyclic amines) is 1. The molecule has 7 heteroatoms. The average molecular weight is 330 g/mol. The molecule has 7 nitrogen and oxygen atoms in total. The summed E-state index contributed by atoms with van der Waals surface area (Å²) >= 11 is 0. The number of benzene rings is 1. The normalized spacial score (nSPS) is 17.8. The lowest BCUT2D eigenvalue weighted by Gasteiger charge is -2.24. The summed E-state index contributed by atoms with van der Waals surface area (Å²) in [4.78, 5) is 14.2. The quantitative estimate of drug-likeness (QED) is 0.753. The smallest absolute Gasteiger partial charge is 0.320 e. The molecule has 0 unspecified atom stereocenters. The van der Waals surface area contributed by atoms with Crippen molar-refractivity contribution in [1.29, 1.82) is 0 Å². The van der Waals surface area contributed by atoms with Gasteiger partial charge in [0, 0.05) is 25.2 Å². The molecule has 1 aliphatic heterocycles. The highest BCUT2D eigenvalue weighted by atomic mass is 16.5. The van der Waals surface area contributed by atoms with Crippen molar-refractivity contribution in [2.24, 2.45) is 0 Å². The Labute approximate surface area is 140 Å². The SMILES string of the molecule is O=C(NCc1ccccc1CN1CCC[C@@H]1CO)Nc1ccon1. The molecule has 3 N–H and O–H groups in total. The molecule has 1 saturated heterocycles. The van der Waals surface area contributed by atoms with Gasteiger partial charge in [-0.15, -0.1) is 0 Å². The summed E-state index contributed by atoms with van der Waals surface area (Å²) in [6, 6.07) is 9.53. The van der Waals surface area contributed by atoms with E-state index in [9.17, 15) is 9.90 Å². The van der Waals surface area contributed by atoms with Crippen LogP contribution in [-0.2, 0) is 13.1 Å². The first kappa shape index (κ1) is 16.5. The molecule has 1 fully saturated rings. The maximum atomic E-state index is 11.9. The van der Waals surface area contributed by atoms with Crippen LogP contribution in [-0.4, -0.2) is 40.4 Å². The van der Waals surface area contributed by atoms with Gasteiger partial charge in [-0.3, -0.25) is 10.2 Å². The molecule has 2 aromatic rings. The van der Waals surface area contributed by atoms with Crippen LogP contribution in [0.5, 0.6) is 0 Å². The predicted molar refractivity (Wildman–Crippen MR) is 89.3 cm³/mol. The molecule has 0 bridgehead atoms. The van der Waals surface area contributed by atoms with Gasteiger partial charge in [-0.2, -0.15) is 0 Å². The Morgan fingerprint density at radius 1 is 1.33 bits per heavy atom. The number of aliphatic hydroxyl groups excluding tert-OH is 1. The fourth-order valence-corrected chi connectivity index (χ4v) is 3.03. The van der Waals surface area contributed by atoms with Crippen LogP contribution < -0.4 is 10.6 Å². The van der Waals surface area contributed by atoms with E-state index >= 15 is 0 Å². The molecule has 2 amide bonds. The van der Waals surface area contributed by atoms with Gasteiger partial charge in [0.15, 0.2) is 5.82 Å². The third-order valence-corrected chi connectivity index (χ3v) is 4.32. The number of aromatic nitrogens is 1. The Hall–Kier alpha value is -2.38. The van der Waals surface area contributed by atoms with E-state index in [2.05, 4.69) is 31.3 Å². The van der Waals surface area contributed by atoms with E-state index in [0.29, 0.717) is 12.4 Å². The lowest BCUT2D eigenvalue weighted by atomic mass is 10.1. The van der Waals surface area contributed by atoms with Gasteiger partial charge in [0.2, 0.25) is 0 Å². The van der Waals surface area contributed by atoms with Crippen LogP contribution in [0.15, 0.2) is 41.1 Å². The molecule has 24 heavy (non-hydrogen) atoms. The number of amides is 2. The summed E-state index contributed by atoms with van der Waals surface area (Å²) in [6.45, 7) is 2.41. The minimum atomic E-state index is -0.326. The highest BCUT2D eigenvalue weighted by Crippen LogP contribution is 2.21. The van der Waals surface area contributed by atoms with Crippen LogP contribution in [0.2, 0.25) is 0 Å². The van der Waals surface area contributed by atoms with E-state index in [1.807, 2.05) is 18.2 Å². The molecule has 0 spiro atoms. The van der Waals surface area contributed by atoms with Crippen LogP contribution in [0.4, 0.5) is 10.6 Å². The van der Waals surface area contributed by atoms with Crippen LogP contribution in [0, 0.1) is 0 Å². The zero-order valence-corrected chi connectivity index (χ0v) is 13.4. The Morgan fingerprint density at radius 3 is 2.92 bits per heavy atom. The third-order valence-electron chi connectivity index (χ3n) is 4.32. The minimum absolute atomic E-state index is 0.195. The van der Waals surface area contributed by atoms with Gasteiger partial charge >= 0.3 is 6.03 Å². The molecule has 2 heterocycles. The maximum Gasteiger partial charge on any atom is 0.320 e. The largest absolute Gasteiger partial charge is 0.395 e. The van der Waals surface area contributed by atoms with Crippen LogP contribution >= 0.6 is 0 Å². The first-order valence-electron chi connectivity index (χ1n) is 8.13. The van der Waals surface area contributed by atoms with Gasteiger partial charge in [0.25, 0.3) is 0 Å². The van der Waals surface area contributed by atoms with Crippen molar-refractivity contribution >= 4 is 11.8 Å². The lowest BCUT2D eigenvalue weighted by molar-refractivity contribution is 0.153. The molecule has 1 aromatic carbocycles. The molecular weight excluding hydrogens is 308 g/mol. The van der Waals surface area contributed by atoms with Crippen LogP contribution in [0.3, 0.4) is 0 Å². The molecule has 3 rings (SSSR count). The van der Waals surface area contributed by atoms with Crippen molar-refractivity contribution in [2.45, 2.75) is 32.0 Å². The summed E-state index contributed by atoms with van der Waals surface area (Å²) < 4.78 is 4.67. The molecule has 0 aliphatic carbocycles. The predicted octanol–water partition coefficient (Wildman–Crippen LogP) is 1.95. The van der Waals surface area contributed by atoms with Gasteiger partial charge in [0.05, 0.1) is 6.61 Å². The maximum absolute atomic E-state index is 11.9. The second kappa shape index (κ2) is 7.94. The van der Waals surface area contributed by atoms with Crippen molar-refractivity contribution in [3.8, 4) is 0 Å². The lowest BCUT2D eigenvalue weighted by Crippen LogP contribution is -2.33. The summed E-state index contributed by atoms with van der Waals surface area (Å²) in [5.74, 6) is 0.378. The number of anilines is 1. The van der Waals surface area contributed by atoms with E-state index in [1.165, 1.54) is 11.8 Å². The highest BCUT2D eigenvalue weighted by Gasteiger charge is 2.24. The minimum Gasteiger partial charge on any atom is -0.395 e. The summed E-state index contributed by atoms with van der Waals surface area (Å²) in [7, 11) is 0. The summed E-state index contributed by atoms with van der Waals surface area (Å²) in [5.41, 5.74) is 2.23. The van der Waals surface area contributed by atoms with Gasteiger partial charge in [-0.25, -0.2) is 4.79 Å². The van der Waals surface area contributed by atoms with Crippen molar-refractivity contribution in [2.75, 3.05) is 18.5 Å². The second-order valence-corrected chi connectivity index (χ2v) is 5.91. The van der Waals surface area contributed by atoms with Crippen molar-refractivity contribution in [3.63, 3.8) is 0 Å². The first-order valence-corrected chi connectivity index (χ1v) is 8.13. The molecule has 1 aromatic heterocycles. The number of urea groups is 1. The van der Waals surface area contributed by atoms with Gasteiger partial charge in [-0.05, 0) is 30.5 Å². The zero-order valence-electron chi connectivity index (χ0n) is 13.4. The Kier molecular flexibility index (Phi) is 5.45. The van der Waals surface area contributed by atoms with E-state index in [4.69, 9.17) is 0 Å². The van der Waals surface area contributed by atoms with E-state index in [0.717, 1.165) is 31.5 Å². The van der Waals surface area contributed by atoms with Crippen molar-refractivity contribution in [3.05, 3.63) is 47.7 Å². The molecule has 0 radical (unpaired) electrons. The Balaban J connectivity index is 1.58. The number of hydrogen-bond acceptors (Lipinski definition) is 5. The average Bonchev–Trinajstić information content (AvgIpc) is 3.25. The zero-order chi connectivity index (χ0) is 16.8. The number of hydrogen-bond donors (Lipinski definition) is 3. The molecular formula is C17H22N4O3. The molecule has 0 saturated carbocycles. The molecule has 1 aliphatic rings. The summed E-state index contributed by atoms with van der Waals surface area (Å²) in [6.07, 6.45) is 3.56. The fourth-order valence-electron chi connectivity index (χ4n) is 3.03. The topological polar surface area (TPSA) is 90.6 Å². The number of carbonyl (C=O) groups excluding carboxylic acids is 1. The monoisotopic (exact) mass is 330 g/mol. The first-order chi connectivity index (χ1) is 11.8. The summed E-state index contributed by atoms with van der Waals surface area (Å²) in [5, 5.41) is 18.5. The number of rotatable bonds is 6. The van der Waals surface area contributed by atoms with Crippen LogP contribution in [0.1, 0.15) is 24.0 Å². The molecule has 128 valence electrons. The third kappa shape index (κ3) is 4.12. The van der Waals surface area contributed by atoms with E-state index in [1.54, 1.807) is 6.07 Å². The number of nitrogens with one attached hydrogen (secondary N) is 2. The van der Waals surface area contributed by atoms with Gasteiger partial charge in [0.1, 0.15) is 6.26 Å². The van der Waals surface area contributed by atoms with Crippen molar-refractivity contribution in [1.82, 2.24) is 15.4 Å². The van der Waals surface area contributed by atoms with E-state index < -0.39 is 0 Å².